The minimum atomic E-state index is 0.160. The molecule has 0 aliphatic heterocycles. The van der Waals surface area contributed by atoms with E-state index in [1.807, 2.05) is 25.1 Å². The highest BCUT2D eigenvalue weighted by Gasteiger charge is 2.03. The van der Waals surface area contributed by atoms with Crippen LogP contribution in [-0.2, 0) is 0 Å². The number of phenols is 1. The molecule has 14 heavy (non-hydrogen) atoms. The molecule has 0 radical (unpaired) electrons. The van der Waals surface area contributed by atoms with Crippen LogP contribution < -0.4 is 0 Å². The summed E-state index contributed by atoms with van der Waals surface area (Å²) in [6, 6.07) is 8.95. The van der Waals surface area contributed by atoms with Crippen LogP contribution in [0, 0.1) is 6.92 Å². The third-order valence-electron chi connectivity index (χ3n) is 2.35. The van der Waals surface area contributed by atoms with Crippen LogP contribution >= 0.6 is 0 Å². The molecule has 2 aromatic carbocycles. The summed E-state index contributed by atoms with van der Waals surface area (Å²) in [4.78, 5) is 10.6. The minimum Gasteiger partial charge on any atom is -0.507 e. The monoisotopic (exact) mass is 186 g/mol. The first-order valence-corrected chi connectivity index (χ1v) is 4.40. The second kappa shape index (κ2) is 3.14. The molecule has 0 bridgehead atoms. The highest BCUT2D eigenvalue weighted by molar-refractivity contribution is 5.95. The molecular weight excluding hydrogens is 176 g/mol. The average Bonchev–Trinajstić information content (AvgIpc) is 2.19. The molecule has 0 heterocycles. The SMILES string of the molecule is Cc1cccc2c(O)cc(C=O)cc12. The second-order valence-electron chi connectivity index (χ2n) is 3.33. The Morgan fingerprint density at radius 1 is 1.21 bits per heavy atom. The summed E-state index contributed by atoms with van der Waals surface area (Å²) in [5.74, 6) is 0.160. The van der Waals surface area contributed by atoms with Crippen molar-refractivity contribution in [3.05, 3.63) is 41.5 Å². The van der Waals surface area contributed by atoms with E-state index in [1.54, 1.807) is 6.07 Å². The molecule has 2 aromatic rings. The predicted octanol–water partition coefficient (Wildman–Crippen LogP) is 2.67. The number of carbonyl (C=O) groups excluding carboxylic acids is 1. The van der Waals surface area contributed by atoms with Gasteiger partial charge >= 0.3 is 0 Å². The molecule has 0 aliphatic rings. The zero-order valence-electron chi connectivity index (χ0n) is 7.82. The molecular formula is C12H10O2. The lowest BCUT2D eigenvalue weighted by atomic mass is 10.0. The number of carbonyl (C=O) groups is 1. The Hall–Kier alpha value is -1.83. The van der Waals surface area contributed by atoms with Gasteiger partial charge in [-0.2, -0.15) is 0 Å². The third-order valence-corrected chi connectivity index (χ3v) is 2.35. The van der Waals surface area contributed by atoms with Gasteiger partial charge in [-0.1, -0.05) is 18.2 Å². The molecule has 0 aliphatic carbocycles. The van der Waals surface area contributed by atoms with Crippen molar-refractivity contribution < 1.29 is 9.90 Å². The number of benzene rings is 2. The third kappa shape index (κ3) is 1.25. The van der Waals surface area contributed by atoms with E-state index >= 15 is 0 Å². The lowest BCUT2D eigenvalue weighted by molar-refractivity contribution is 0.112. The summed E-state index contributed by atoms with van der Waals surface area (Å²) < 4.78 is 0. The molecule has 2 rings (SSSR count). The fourth-order valence-corrected chi connectivity index (χ4v) is 1.61. The van der Waals surface area contributed by atoms with Crippen molar-refractivity contribution in [1.82, 2.24) is 0 Å². The fourth-order valence-electron chi connectivity index (χ4n) is 1.61. The zero-order valence-corrected chi connectivity index (χ0v) is 7.82. The van der Waals surface area contributed by atoms with Gasteiger partial charge in [-0.05, 0) is 30.0 Å². The predicted molar refractivity (Wildman–Crippen MR) is 55.7 cm³/mol. The summed E-state index contributed by atoms with van der Waals surface area (Å²) in [7, 11) is 0. The van der Waals surface area contributed by atoms with Crippen LogP contribution in [0.4, 0.5) is 0 Å². The highest BCUT2D eigenvalue weighted by Crippen LogP contribution is 2.27. The smallest absolute Gasteiger partial charge is 0.150 e. The Balaban J connectivity index is 2.90. The van der Waals surface area contributed by atoms with Crippen molar-refractivity contribution in [3.8, 4) is 5.75 Å². The van der Waals surface area contributed by atoms with E-state index in [1.165, 1.54) is 6.07 Å². The number of rotatable bonds is 1. The van der Waals surface area contributed by atoms with Gasteiger partial charge in [0.05, 0.1) is 0 Å². The van der Waals surface area contributed by atoms with Crippen molar-refractivity contribution in [2.24, 2.45) is 0 Å². The molecule has 2 nitrogen and oxygen atoms in total. The molecule has 0 atom stereocenters. The second-order valence-corrected chi connectivity index (χ2v) is 3.33. The van der Waals surface area contributed by atoms with Crippen molar-refractivity contribution in [1.29, 1.82) is 0 Å². The normalized spacial score (nSPS) is 10.4. The molecule has 0 unspecified atom stereocenters. The number of phenolic OH excluding ortho intramolecular Hbond substituents is 1. The number of hydrogen-bond donors (Lipinski definition) is 1. The van der Waals surface area contributed by atoms with E-state index in [9.17, 15) is 9.90 Å². The molecule has 0 fully saturated rings. The van der Waals surface area contributed by atoms with Crippen molar-refractivity contribution in [3.63, 3.8) is 0 Å². The van der Waals surface area contributed by atoms with E-state index in [-0.39, 0.29) is 5.75 Å². The summed E-state index contributed by atoms with van der Waals surface area (Å²) in [5, 5.41) is 11.4. The number of fused-ring (bicyclic) bond motifs is 1. The summed E-state index contributed by atoms with van der Waals surface area (Å²) in [5.41, 5.74) is 1.56. The fraction of sp³-hybridized carbons (Fsp3) is 0.0833. The van der Waals surface area contributed by atoms with Gasteiger partial charge in [0.2, 0.25) is 0 Å². The van der Waals surface area contributed by atoms with Crippen LogP contribution in [-0.4, -0.2) is 11.4 Å². The lowest BCUT2D eigenvalue weighted by Crippen LogP contribution is -1.84. The van der Waals surface area contributed by atoms with E-state index in [4.69, 9.17) is 0 Å². The van der Waals surface area contributed by atoms with Crippen LogP contribution in [0.15, 0.2) is 30.3 Å². The lowest BCUT2D eigenvalue weighted by Gasteiger charge is -2.04. The molecule has 0 amide bonds. The van der Waals surface area contributed by atoms with Crippen molar-refractivity contribution in [2.75, 3.05) is 0 Å². The van der Waals surface area contributed by atoms with Gasteiger partial charge in [-0.3, -0.25) is 4.79 Å². The number of hydrogen-bond acceptors (Lipinski definition) is 2. The van der Waals surface area contributed by atoms with Gasteiger partial charge < -0.3 is 5.11 Å². The molecule has 0 saturated heterocycles. The van der Waals surface area contributed by atoms with Gasteiger partial charge in [0.1, 0.15) is 12.0 Å². The van der Waals surface area contributed by atoms with E-state index in [0.717, 1.165) is 22.6 Å². The molecule has 0 saturated carbocycles. The van der Waals surface area contributed by atoms with Gasteiger partial charge in [0, 0.05) is 10.9 Å². The van der Waals surface area contributed by atoms with E-state index in [0.29, 0.717) is 5.56 Å². The Morgan fingerprint density at radius 3 is 2.71 bits per heavy atom. The maximum absolute atomic E-state index is 10.6. The quantitative estimate of drug-likeness (QED) is 0.695. The van der Waals surface area contributed by atoms with Crippen molar-refractivity contribution in [2.45, 2.75) is 6.92 Å². The summed E-state index contributed by atoms with van der Waals surface area (Å²) >= 11 is 0. The number of aryl methyl sites for hydroxylation is 1. The zero-order chi connectivity index (χ0) is 10.1. The highest BCUT2D eigenvalue weighted by atomic mass is 16.3. The summed E-state index contributed by atoms with van der Waals surface area (Å²) in [6.45, 7) is 1.95. The standard InChI is InChI=1S/C12H10O2/c1-8-3-2-4-10-11(8)5-9(7-13)6-12(10)14/h2-7,14H,1H3. The first-order valence-electron chi connectivity index (χ1n) is 4.40. The van der Waals surface area contributed by atoms with Crippen LogP contribution in [0.1, 0.15) is 15.9 Å². The van der Waals surface area contributed by atoms with E-state index in [2.05, 4.69) is 0 Å². The number of aromatic hydroxyl groups is 1. The molecule has 0 spiro atoms. The molecule has 2 heteroatoms. The first kappa shape index (κ1) is 8.75. The minimum absolute atomic E-state index is 0.160. The Labute approximate surface area is 81.8 Å². The first-order chi connectivity index (χ1) is 6.72. The van der Waals surface area contributed by atoms with Crippen LogP contribution in [0.2, 0.25) is 0 Å². The summed E-state index contributed by atoms with van der Waals surface area (Å²) in [6.07, 6.45) is 0.742. The number of aldehydes is 1. The molecule has 1 N–H and O–H groups in total. The molecule has 0 aromatic heterocycles. The average molecular weight is 186 g/mol. The van der Waals surface area contributed by atoms with E-state index < -0.39 is 0 Å². The Kier molecular flexibility index (Phi) is 1.97. The Morgan fingerprint density at radius 2 is 2.00 bits per heavy atom. The van der Waals surface area contributed by atoms with Gasteiger partial charge in [0.25, 0.3) is 0 Å². The van der Waals surface area contributed by atoms with Crippen LogP contribution in [0.5, 0.6) is 5.75 Å². The topological polar surface area (TPSA) is 37.3 Å². The Bertz CT molecular complexity index is 501. The molecule has 70 valence electrons. The van der Waals surface area contributed by atoms with Crippen LogP contribution in [0.25, 0.3) is 10.8 Å². The maximum Gasteiger partial charge on any atom is 0.150 e. The van der Waals surface area contributed by atoms with Gasteiger partial charge in [0.15, 0.2) is 0 Å². The largest absolute Gasteiger partial charge is 0.507 e. The van der Waals surface area contributed by atoms with Crippen LogP contribution in [0.3, 0.4) is 0 Å². The van der Waals surface area contributed by atoms with Crippen molar-refractivity contribution >= 4 is 17.1 Å². The van der Waals surface area contributed by atoms with Gasteiger partial charge in [-0.15, -0.1) is 0 Å². The maximum atomic E-state index is 10.6. The van der Waals surface area contributed by atoms with Gasteiger partial charge in [-0.25, -0.2) is 0 Å².